The Bertz CT molecular complexity index is 506. The van der Waals surface area contributed by atoms with Gasteiger partial charge in [-0.25, -0.2) is 0 Å². The fourth-order valence-corrected chi connectivity index (χ4v) is 2.39. The van der Waals surface area contributed by atoms with Gasteiger partial charge >= 0.3 is 0 Å². The number of rotatable bonds is 5. The van der Waals surface area contributed by atoms with Crippen LogP contribution in [0.25, 0.3) is 0 Å². The lowest BCUT2D eigenvalue weighted by molar-refractivity contribution is -0.122. The van der Waals surface area contributed by atoms with Gasteiger partial charge < -0.3 is 11.1 Å². The molecule has 1 atom stereocenters. The highest BCUT2D eigenvalue weighted by atomic mass is 32.1. The first-order chi connectivity index (χ1) is 8.68. The predicted octanol–water partition coefficient (Wildman–Crippen LogP) is 0.840. The molecule has 1 amide bonds. The molecule has 2 aromatic rings. The van der Waals surface area contributed by atoms with E-state index in [1.165, 1.54) is 11.3 Å². The number of hydrogen-bond donors (Lipinski definition) is 2. The number of amides is 1. The number of carbonyl (C=O) groups excluding carboxylic acids is 1. The van der Waals surface area contributed by atoms with Crippen molar-refractivity contribution in [3.63, 3.8) is 0 Å². The van der Waals surface area contributed by atoms with Crippen molar-refractivity contribution in [1.82, 2.24) is 15.1 Å². The zero-order valence-corrected chi connectivity index (χ0v) is 11.0. The van der Waals surface area contributed by atoms with Gasteiger partial charge in [-0.3, -0.25) is 9.48 Å². The third-order valence-electron chi connectivity index (χ3n) is 2.74. The van der Waals surface area contributed by atoms with E-state index in [1.807, 2.05) is 30.6 Å². The van der Waals surface area contributed by atoms with E-state index in [0.29, 0.717) is 6.54 Å². The fraction of sp³-hybridized carbons (Fsp3) is 0.333. The van der Waals surface area contributed by atoms with Gasteiger partial charge in [-0.1, -0.05) is 6.07 Å². The molecule has 0 saturated heterocycles. The van der Waals surface area contributed by atoms with Crippen LogP contribution in [0.4, 0.5) is 0 Å². The largest absolute Gasteiger partial charge is 0.354 e. The van der Waals surface area contributed by atoms with Crippen LogP contribution in [0.15, 0.2) is 29.8 Å². The van der Waals surface area contributed by atoms with Crippen LogP contribution in [0, 0.1) is 0 Å². The number of nitrogens with zero attached hydrogens (tertiary/aromatic N) is 2. The molecule has 0 radical (unpaired) electrons. The first-order valence-electron chi connectivity index (χ1n) is 5.72. The van der Waals surface area contributed by atoms with Gasteiger partial charge in [0.2, 0.25) is 5.91 Å². The third-order valence-corrected chi connectivity index (χ3v) is 3.69. The molecule has 96 valence electrons. The van der Waals surface area contributed by atoms with Crippen molar-refractivity contribution in [2.24, 2.45) is 12.8 Å². The molecule has 0 bridgehead atoms. The topological polar surface area (TPSA) is 72.9 Å². The monoisotopic (exact) mass is 264 g/mol. The van der Waals surface area contributed by atoms with Crippen LogP contribution in [-0.2, 0) is 18.3 Å². The highest BCUT2D eigenvalue weighted by Gasteiger charge is 2.15. The number of hydrogen-bond acceptors (Lipinski definition) is 4. The second-order valence-electron chi connectivity index (χ2n) is 3.98. The van der Waals surface area contributed by atoms with E-state index in [1.54, 1.807) is 10.9 Å². The van der Waals surface area contributed by atoms with Crippen LogP contribution < -0.4 is 11.1 Å². The van der Waals surface area contributed by atoms with Gasteiger partial charge in [0.15, 0.2) is 0 Å². The van der Waals surface area contributed by atoms with Crippen LogP contribution in [-0.4, -0.2) is 22.2 Å². The van der Waals surface area contributed by atoms with E-state index in [-0.39, 0.29) is 5.91 Å². The van der Waals surface area contributed by atoms with E-state index in [0.717, 1.165) is 17.0 Å². The Morgan fingerprint density at radius 2 is 2.44 bits per heavy atom. The number of thiophene rings is 1. The Morgan fingerprint density at radius 3 is 3.06 bits per heavy atom. The summed E-state index contributed by atoms with van der Waals surface area (Å²) in [4.78, 5) is 12.7. The molecule has 2 heterocycles. The number of aromatic nitrogens is 2. The minimum atomic E-state index is -0.573. The second-order valence-corrected chi connectivity index (χ2v) is 4.96. The first kappa shape index (κ1) is 12.8. The summed E-state index contributed by atoms with van der Waals surface area (Å²) in [7, 11) is 1.88. The van der Waals surface area contributed by atoms with Gasteiger partial charge in [-0.05, 0) is 17.5 Å². The highest BCUT2D eigenvalue weighted by molar-refractivity contribution is 7.10. The van der Waals surface area contributed by atoms with Crippen LogP contribution in [0.5, 0.6) is 0 Å². The molecule has 0 aliphatic rings. The van der Waals surface area contributed by atoms with Crippen molar-refractivity contribution in [3.8, 4) is 0 Å². The Balaban J connectivity index is 1.80. The number of aryl methyl sites for hydroxylation is 1. The van der Waals surface area contributed by atoms with Gasteiger partial charge in [-0.15, -0.1) is 11.3 Å². The average molecular weight is 264 g/mol. The van der Waals surface area contributed by atoms with Crippen molar-refractivity contribution in [3.05, 3.63) is 40.3 Å². The van der Waals surface area contributed by atoms with Gasteiger partial charge in [0, 0.05) is 36.8 Å². The summed E-state index contributed by atoms with van der Waals surface area (Å²) in [6.07, 6.45) is 2.49. The normalized spacial score (nSPS) is 12.3. The molecule has 0 aliphatic carbocycles. The zero-order valence-electron chi connectivity index (χ0n) is 10.2. The van der Waals surface area contributed by atoms with E-state index >= 15 is 0 Å². The Labute approximate surface area is 110 Å². The molecule has 0 saturated carbocycles. The molecule has 2 aromatic heterocycles. The maximum Gasteiger partial charge on any atom is 0.242 e. The fourth-order valence-electron chi connectivity index (χ4n) is 1.67. The highest BCUT2D eigenvalue weighted by Crippen LogP contribution is 2.16. The van der Waals surface area contributed by atoms with E-state index in [2.05, 4.69) is 10.4 Å². The lowest BCUT2D eigenvalue weighted by Crippen LogP contribution is -2.35. The molecular weight excluding hydrogens is 248 g/mol. The standard InChI is InChI=1S/C12H16N4OS/c1-16-9(5-7-15-16)4-6-14-12(17)11(13)10-3-2-8-18-10/h2-3,5,7-8,11H,4,6,13H2,1H3,(H,14,17). The van der Waals surface area contributed by atoms with Crippen molar-refractivity contribution >= 4 is 17.2 Å². The van der Waals surface area contributed by atoms with Gasteiger partial charge in [0.25, 0.3) is 0 Å². The molecule has 1 unspecified atom stereocenters. The zero-order chi connectivity index (χ0) is 13.0. The summed E-state index contributed by atoms with van der Waals surface area (Å²) >= 11 is 1.49. The van der Waals surface area contributed by atoms with E-state index in [9.17, 15) is 4.79 Å². The van der Waals surface area contributed by atoms with Crippen LogP contribution >= 0.6 is 11.3 Å². The molecule has 6 heteroatoms. The maximum atomic E-state index is 11.8. The molecule has 5 nitrogen and oxygen atoms in total. The smallest absolute Gasteiger partial charge is 0.242 e. The summed E-state index contributed by atoms with van der Waals surface area (Å²) in [5.74, 6) is -0.139. The Morgan fingerprint density at radius 1 is 1.61 bits per heavy atom. The first-order valence-corrected chi connectivity index (χ1v) is 6.60. The van der Waals surface area contributed by atoms with Crippen LogP contribution in [0.1, 0.15) is 16.6 Å². The summed E-state index contributed by atoms with van der Waals surface area (Å²) in [5, 5.41) is 8.82. The van der Waals surface area contributed by atoms with Gasteiger partial charge in [-0.2, -0.15) is 5.10 Å². The minimum Gasteiger partial charge on any atom is -0.354 e. The molecule has 3 N–H and O–H groups in total. The summed E-state index contributed by atoms with van der Waals surface area (Å²) in [6.45, 7) is 0.567. The second kappa shape index (κ2) is 5.79. The molecule has 0 aliphatic heterocycles. The lowest BCUT2D eigenvalue weighted by Gasteiger charge is -2.10. The quantitative estimate of drug-likeness (QED) is 0.840. The van der Waals surface area contributed by atoms with Crippen molar-refractivity contribution in [2.45, 2.75) is 12.5 Å². The summed E-state index contributed by atoms with van der Waals surface area (Å²) < 4.78 is 1.80. The average Bonchev–Trinajstić information content (AvgIpc) is 3.00. The number of nitrogens with one attached hydrogen (secondary N) is 1. The minimum absolute atomic E-state index is 0.139. The molecule has 2 rings (SSSR count). The molecule has 0 aromatic carbocycles. The molecule has 18 heavy (non-hydrogen) atoms. The van der Waals surface area contributed by atoms with Crippen LogP contribution in [0.2, 0.25) is 0 Å². The molecular formula is C12H16N4OS. The SMILES string of the molecule is Cn1nccc1CCNC(=O)C(N)c1cccs1. The molecule has 0 spiro atoms. The summed E-state index contributed by atoms with van der Waals surface area (Å²) in [5.41, 5.74) is 6.94. The van der Waals surface area contributed by atoms with Crippen LogP contribution in [0.3, 0.4) is 0 Å². The Kier molecular flexibility index (Phi) is 4.11. The Hall–Kier alpha value is -1.66. The van der Waals surface area contributed by atoms with Crippen molar-refractivity contribution in [1.29, 1.82) is 0 Å². The maximum absolute atomic E-state index is 11.8. The van der Waals surface area contributed by atoms with E-state index < -0.39 is 6.04 Å². The lowest BCUT2D eigenvalue weighted by atomic mass is 10.2. The number of nitrogens with two attached hydrogens (primary N) is 1. The predicted molar refractivity (Wildman–Crippen MR) is 71.2 cm³/mol. The van der Waals surface area contributed by atoms with Gasteiger partial charge in [0.1, 0.15) is 6.04 Å². The van der Waals surface area contributed by atoms with Gasteiger partial charge in [0.05, 0.1) is 0 Å². The molecule has 0 fully saturated rings. The van der Waals surface area contributed by atoms with E-state index in [4.69, 9.17) is 5.73 Å². The van der Waals surface area contributed by atoms with Crippen molar-refractivity contribution < 1.29 is 4.79 Å². The number of carbonyl (C=O) groups is 1. The van der Waals surface area contributed by atoms with Crippen molar-refractivity contribution in [2.75, 3.05) is 6.54 Å². The summed E-state index contributed by atoms with van der Waals surface area (Å²) in [6, 6.07) is 5.13. The third kappa shape index (κ3) is 2.96.